The van der Waals surface area contributed by atoms with Crippen LogP contribution in [0.4, 0.5) is 8.78 Å². The second-order valence-corrected chi connectivity index (χ2v) is 7.65. The van der Waals surface area contributed by atoms with E-state index in [1.807, 2.05) is 24.0 Å². The lowest BCUT2D eigenvalue weighted by Gasteiger charge is -2.11. The number of hydrogen-bond acceptors (Lipinski definition) is 5. The summed E-state index contributed by atoms with van der Waals surface area (Å²) in [5.74, 6) is -1.04. The van der Waals surface area contributed by atoms with Gasteiger partial charge in [0, 0.05) is 25.0 Å². The van der Waals surface area contributed by atoms with Crippen LogP contribution in [-0.4, -0.2) is 25.1 Å². The first-order valence-electron chi connectivity index (χ1n) is 10.3. The van der Waals surface area contributed by atoms with Gasteiger partial charge >= 0.3 is 5.97 Å². The van der Waals surface area contributed by atoms with Gasteiger partial charge in [-0.1, -0.05) is 6.07 Å². The number of rotatable bonds is 6. The Hall–Kier alpha value is -4.53. The third-order valence-electron chi connectivity index (χ3n) is 5.08. The standard InChI is InChI=1S/C25H18F2N4O3/c1-30-14-21(28-15-30)17-12-24(22-8-9-29-31(22)13-17)34-23-7-2-16(10-20(23)27)11-25(32)33-19-5-3-18(26)4-6-19/h2-10,12-15H,11H2,1H3. The highest BCUT2D eigenvalue weighted by atomic mass is 19.1. The van der Waals surface area contributed by atoms with Gasteiger partial charge in [0.05, 0.1) is 24.6 Å². The Morgan fingerprint density at radius 3 is 2.56 bits per heavy atom. The maximum Gasteiger partial charge on any atom is 0.315 e. The second-order valence-electron chi connectivity index (χ2n) is 7.65. The quantitative estimate of drug-likeness (QED) is 0.265. The molecule has 5 aromatic rings. The van der Waals surface area contributed by atoms with E-state index >= 15 is 0 Å². The zero-order chi connectivity index (χ0) is 23.7. The van der Waals surface area contributed by atoms with Crippen LogP contribution >= 0.6 is 0 Å². The van der Waals surface area contributed by atoms with Crippen molar-refractivity contribution in [2.75, 3.05) is 0 Å². The number of ether oxygens (including phenoxy) is 2. The summed E-state index contributed by atoms with van der Waals surface area (Å²) in [6, 6.07) is 12.9. The molecule has 0 N–H and O–H groups in total. The first kappa shape index (κ1) is 21.3. The van der Waals surface area contributed by atoms with E-state index in [1.165, 1.54) is 36.4 Å². The molecule has 0 aliphatic carbocycles. The number of carbonyl (C=O) groups excluding carboxylic acids is 1. The van der Waals surface area contributed by atoms with Crippen LogP contribution in [-0.2, 0) is 18.3 Å². The largest absolute Gasteiger partial charge is 0.452 e. The van der Waals surface area contributed by atoms with Crippen molar-refractivity contribution in [2.24, 2.45) is 7.05 Å². The summed E-state index contributed by atoms with van der Waals surface area (Å²) in [6.45, 7) is 0. The van der Waals surface area contributed by atoms with Crippen molar-refractivity contribution in [3.05, 3.63) is 96.7 Å². The molecule has 3 heterocycles. The fourth-order valence-corrected chi connectivity index (χ4v) is 3.47. The number of aromatic nitrogens is 4. The smallest absolute Gasteiger partial charge is 0.315 e. The minimum Gasteiger partial charge on any atom is -0.452 e. The van der Waals surface area contributed by atoms with Crippen molar-refractivity contribution in [3.63, 3.8) is 0 Å². The number of pyridine rings is 1. The molecular formula is C25H18F2N4O3. The third kappa shape index (κ3) is 4.49. The highest BCUT2D eigenvalue weighted by molar-refractivity contribution is 5.75. The van der Waals surface area contributed by atoms with Gasteiger partial charge in [-0.2, -0.15) is 5.10 Å². The van der Waals surface area contributed by atoms with Crippen molar-refractivity contribution in [2.45, 2.75) is 6.42 Å². The predicted octanol–water partition coefficient (Wildman–Crippen LogP) is 4.95. The zero-order valence-electron chi connectivity index (χ0n) is 18.0. The average Bonchev–Trinajstić information content (AvgIpc) is 3.46. The Bertz CT molecular complexity index is 1490. The van der Waals surface area contributed by atoms with E-state index in [2.05, 4.69) is 10.1 Å². The predicted molar refractivity (Wildman–Crippen MR) is 120 cm³/mol. The van der Waals surface area contributed by atoms with Gasteiger partial charge in [0.2, 0.25) is 0 Å². The van der Waals surface area contributed by atoms with Gasteiger partial charge < -0.3 is 14.0 Å². The van der Waals surface area contributed by atoms with Crippen molar-refractivity contribution >= 4 is 11.5 Å². The van der Waals surface area contributed by atoms with Crippen LogP contribution in [0.3, 0.4) is 0 Å². The Labute approximate surface area is 192 Å². The van der Waals surface area contributed by atoms with Crippen molar-refractivity contribution in [3.8, 4) is 28.5 Å². The zero-order valence-corrected chi connectivity index (χ0v) is 18.0. The molecule has 0 aliphatic heterocycles. The lowest BCUT2D eigenvalue weighted by atomic mass is 10.1. The molecule has 0 saturated carbocycles. The SMILES string of the molecule is Cn1cnc(-c2cc(Oc3ccc(CC(=O)Oc4ccc(F)cc4)cc3F)c3ccnn3c2)c1. The van der Waals surface area contributed by atoms with Crippen LogP contribution in [0, 0.1) is 11.6 Å². The minimum atomic E-state index is -0.631. The molecular weight excluding hydrogens is 442 g/mol. The van der Waals surface area contributed by atoms with Crippen molar-refractivity contribution in [1.29, 1.82) is 0 Å². The number of halogens is 2. The minimum absolute atomic E-state index is 0.00285. The summed E-state index contributed by atoms with van der Waals surface area (Å²) >= 11 is 0. The van der Waals surface area contributed by atoms with Gasteiger partial charge in [0.1, 0.15) is 17.1 Å². The van der Waals surface area contributed by atoms with Gasteiger partial charge in [0.25, 0.3) is 0 Å². The van der Waals surface area contributed by atoms with Crippen molar-refractivity contribution < 1.29 is 23.0 Å². The summed E-state index contributed by atoms with van der Waals surface area (Å²) in [5, 5.41) is 4.26. The Morgan fingerprint density at radius 2 is 1.82 bits per heavy atom. The molecule has 0 amide bonds. The summed E-state index contributed by atoms with van der Waals surface area (Å²) in [6.07, 6.45) is 6.82. The van der Waals surface area contributed by atoms with Crippen LogP contribution in [0.1, 0.15) is 5.56 Å². The molecule has 0 spiro atoms. The van der Waals surface area contributed by atoms with Crippen LogP contribution in [0.2, 0.25) is 0 Å². The lowest BCUT2D eigenvalue weighted by Crippen LogP contribution is -2.11. The fraction of sp³-hybridized carbons (Fsp3) is 0.0800. The number of carbonyl (C=O) groups is 1. The van der Waals surface area contributed by atoms with Crippen molar-refractivity contribution in [1.82, 2.24) is 19.2 Å². The molecule has 5 rings (SSSR count). The lowest BCUT2D eigenvalue weighted by molar-refractivity contribution is -0.133. The number of nitrogens with zero attached hydrogens (tertiary/aromatic N) is 4. The monoisotopic (exact) mass is 460 g/mol. The molecule has 9 heteroatoms. The third-order valence-corrected chi connectivity index (χ3v) is 5.08. The maximum atomic E-state index is 14.9. The maximum absolute atomic E-state index is 14.9. The molecule has 7 nitrogen and oxygen atoms in total. The van der Waals surface area contributed by atoms with E-state index in [4.69, 9.17) is 9.47 Å². The fourth-order valence-electron chi connectivity index (χ4n) is 3.47. The molecule has 2 aromatic carbocycles. The van der Waals surface area contributed by atoms with Crippen LogP contribution in [0.15, 0.2) is 79.5 Å². The van der Waals surface area contributed by atoms with Gasteiger partial charge in [-0.15, -0.1) is 0 Å². The van der Waals surface area contributed by atoms with Gasteiger partial charge in [-0.3, -0.25) is 4.79 Å². The normalized spacial score (nSPS) is 11.0. The molecule has 0 aliphatic rings. The van der Waals surface area contributed by atoms with E-state index < -0.39 is 17.6 Å². The van der Waals surface area contributed by atoms with E-state index in [9.17, 15) is 13.6 Å². The average molecular weight is 460 g/mol. The number of aryl methyl sites for hydroxylation is 1. The first-order valence-corrected chi connectivity index (χ1v) is 10.3. The Morgan fingerprint density at radius 1 is 1.00 bits per heavy atom. The van der Waals surface area contributed by atoms with Crippen LogP contribution < -0.4 is 9.47 Å². The van der Waals surface area contributed by atoms with E-state index in [0.717, 1.165) is 11.3 Å². The topological polar surface area (TPSA) is 70.7 Å². The molecule has 34 heavy (non-hydrogen) atoms. The number of esters is 1. The molecule has 0 radical (unpaired) electrons. The Kier molecular flexibility index (Phi) is 5.51. The molecule has 3 aromatic heterocycles. The highest BCUT2D eigenvalue weighted by Gasteiger charge is 2.14. The summed E-state index contributed by atoms with van der Waals surface area (Å²) < 4.78 is 42.3. The molecule has 0 unspecified atom stereocenters. The summed E-state index contributed by atoms with van der Waals surface area (Å²) in [4.78, 5) is 16.5. The molecule has 0 atom stereocenters. The van der Waals surface area contributed by atoms with Gasteiger partial charge in [-0.05, 0) is 54.1 Å². The van der Waals surface area contributed by atoms with E-state index in [0.29, 0.717) is 16.8 Å². The molecule has 0 bridgehead atoms. The summed E-state index contributed by atoms with van der Waals surface area (Å²) in [5.41, 5.74) is 2.55. The van der Waals surface area contributed by atoms with Crippen LogP contribution in [0.5, 0.6) is 17.2 Å². The van der Waals surface area contributed by atoms with E-state index in [-0.39, 0.29) is 17.9 Å². The number of imidazole rings is 1. The number of fused-ring (bicyclic) bond motifs is 1. The first-order chi connectivity index (χ1) is 16.4. The molecule has 0 fully saturated rings. The van der Waals surface area contributed by atoms with Gasteiger partial charge in [-0.25, -0.2) is 18.3 Å². The second kappa shape index (κ2) is 8.78. The number of hydrogen-bond donors (Lipinski definition) is 0. The van der Waals surface area contributed by atoms with Crippen LogP contribution in [0.25, 0.3) is 16.8 Å². The summed E-state index contributed by atoms with van der Waals surface area (Å²) in [7, 11) is 1.87. The highest BCUT2D eigenvalue weighted by Crippen LogP contribution is 2.32. The Balaban J connectivity index is 1.35. The molecule has 0 saturated heterocycles. The van der Waals surface area contributed by atoms with Gasteiger partial charge in [0.15, 0.2) is 17.3 Å². The van der Waals surface area contributed by atoms with E-state index in [1.54, 1.807) is 35.2 Å². The molecule has 170 valence electrons. The number of benzene rings is 2.